The van der Waals surface area contributed by atoms with E-state index in [9.17, 15) is 0 Å². The molecular weight excluding hydrogens is 180 g/mol. The van der Waals surface area contributed by atoms with Gasteiger partial charge in [0.05, 0.1) is 12.7 Å². The summed E-state index contributed by atoms with van der Waals surface area (Å²) in [4.78, 5) is 0. The SMILES string of the molecule is c1cc2oc1cc2C1CC2COC1O2. The lowest BCUT2D eigenvalue weighted by atomic mass is 9.94. The molecule has 0 spiro atoms. The number of fused-ring (bicyclic) bond motifs is 4. The Morgan fingerprint density at radius 2 is 2.29 bits per heavy atom. The molecule has 72 valence electrons. The lowest BCUT2D eigenvalue weighted by Crippen LogP contribution is -2.19. The highest BCUT2D eigenvalue weighted by Crippen LogP contribution is 2.43. The van der Waals surface area contributed by atoms with E-state index in [0.29, 0.717) is 12.0 Å². The Hall–Kier alpha value is -1.06. The normalized spacial score (nSPS) is 36.1. The van der Waals surface area contributed by atoms with Crippen molar-refractivity contribution in [1.29, 1.82) is 0 Å². The van der Waals surface area contributed by atoms with Crippen LogP contribution in [0.5, 0.6) is 0 Å². The zero-order valence-electron chi connectivity index (χ0n) is 7.60. The van der Waals surface area contributed by atoms with Gasteiger partial charge in [-0.1, -0.05) is 0 Å². The van der Waals surface area contributed by atoms with Crippen molar-refractivity contribution in [3.63, 3.8) is 0 Å². The first-order valence-electron chi connectivity index (χ1n) is 4.99. The molecule has 4 heterocycles. The first kappa shape index (κ1) is 7.26. The molecule has 0 aromatic carbocycles. The summed E-state index contributed by atoms with van der Waals surface area (Å²) in [6.45, 7) is 0.761. The first-order valence-corrected chi connectivity index (χ1v) is 4.99. The second-order valence-corrected chi connectivity index (χ2v) is 4.10. The summed E-state index contributed by atoms with van der Waals surface area (Å²) in [5, 5.41) is 0. The summed E-state index contributed by atoms with van der Waals surface area (Å²) >= 11 is 0. The zero-order valence-corrected chi connectivity index (χ0v) is 7.60. The van der Waals surface area contributed by atoms with E-state index in [1.807, 2.05) is 12.1 Å². The maximum atomic E-state index is 5.64. The largest absolute Gasteiger partial charge is 0.457 e. The molecule has 0 N–H and O–H groups in total. The molecule has 2 aromatic heterocycles. The molecule has 0 radical (unpaired) electrons. The van der Waals surface area contributed by atoms with Gasteiger partial charge in [-0.25, -0.2) is 0 Å². The number of rotatable bonds is 1. The van der Waals surface area contributed by atoms with E-state index < -0.39 is 0 Å². The highest BCUT2D eigenvalue weighted by atomic mass is 16.7. The van der Waals surface area contributed by atoms with Crippen LogP contribution in [0.25, 0.3) is 11.2 Å². The molecule has 2 aliphatic rings. The second-order valence-electron chi connectivity index (χ2n) is 4.10. The van der Waals surface area contributed by atoms with E-state index >= 15 is 0 Å². The Balaban J connectivity index is 1.78. The summed E-state index contributed by atoms with van der Waals surface area (Å²) < 4.78 is 16.7. The molecule has 4 rings (SSSR count). The van der Waals surface area contributed by atoms with Gasteiger partial charge >= 0.3 is 0 Å². The van der Waals surface area contributed by atoms with Gasteiger partial charge in [-0.3, -0.25) is 0 Å². The fourth-order valence-electron chi connectivity index (χ4n) is 2.57. The van der Waals surface area contributed by atoms with Gasteiger partial charge in [-0.05, 0) is 24.6 Å². The molecular formula is C11H10O3. The smallest absolute Gasteiger partial charge is 0.165 e. The third kappa shape index (κ3) is 0.792. The summed E-state index contributed by atoms with van der Waals surface area (Å²) in [6.07, 6.45) is 1.35. The van der Waals surface area contributed by atoms with Crippen molar-refractivity contribution in [2.45, 2.75) is 24.7 Å². The number of ether oxygens (including phenoxy) is 2. The van der Waals surface area contributed by atoms with Gasteiger partial charge in [0.2, 0.25) is 0 Å². The minimum Gasteiger partial charge on any atom is -0.457 e. The molecule has 4 bridgehead atoms. The predicted octanol–water partition coefficient (Wildman–Crippen LogP) is 2.10. The van der Waals surface area contributed by atoms with Crippen LogP contribution in [0, 0.1) is 0 Å². The summed E-state index contributed by atoms with van der Waals surface area (Å²) in [7, 11) is 0. The van der Waals surface area contributed by atoms with Crippen molar-refractivity contribution in [1.82, 2.24) is 0 Å². The van der Waals surface area contributed by atoms with Crippen molar-refractivity contribution in [3.8, 4) is 0 Å². The van der Waals surface area contributed by atoms with Crippen LogP contribution in [0.3, 0.4) is 0 Å². The van der Waals surface area contributed by atoms with E-state index in [-0.39, 0.29) is 6.29 Å². The second kappa shape index (κ2) is 2.30. The Bertz CT molecular complexity index is 461. The van der Waals surface area contributed by atoms with Gasteiger partial charge < -0.3 is 13.9 Å². The molecule has 3 nitrogen and oxygen atoms in total. The highest BCUT2D eigenvalue weighted by Gasteiger charge is 2.43. The number of hydrogen-bond donors (Lipinski definition) is 0. The minimum atomic E-state index is -0.0318. The third-order valence-electron chi connectivity index (χ3n) is 3.23. The van der Waals surface area contributed by atoms with E-state index in [0.717, 1.165) is 24.2 Å². The third-order valence-corrected chi connectivity index (χ3v) is 3.23. The molecule has 3 unspecified atom stereocenters. The summed E-state index contributed by atoms with van der Waals surface area (Å²) in [5.74, 6) is 0.381. The molecule has 3 atom stereocenters. The zero-order chi connectivity index (χ0) is 9.12. The van der Waals surface area contributed by atoms with Crippen LogP contribution in [0.4, 0.5) is 0 Å². The van der Waals surface area contributed by atoms with Crippen molar-refractivity contribution < 1.29 is 13.9 Å². The highest BCUT2D eigenvalue weighted by molar-refractivity contribution is 5.67. The van der Waals surface area contributed by atoms with Crippen LogP contribution in [0.15, 0.2) is 22.6 Å². The van der Waals surface area contributed by atoms with Crippen molar-refractivity contribution in [2.75, 3.05) is 6.61 Å². The van der Waals surface area contributed by atoms with Gasteiger partial charge in [0.25, 0.3) is 0 Å². The lowest BCUT2D eigenvalue weighted by Gasteiger charge is -2.17. The van der Waals surface area contributed by atoms with Crippen LogP contribution < -0.4 is 0 Å². The number of hydrogen-bond acceptors (Lipinski definition) is 3. The fraction of sp³-hybridized carbons (Fsp3) is 0.455. The van der Waals surface area contributed by atoms with Crippen molar-refractivity contribution >= 4 is 11.2 Å². The monoisotopic (exact) mass is 190 g/mol. The maximum absolute atomic E-state index is 5.64. The van der Waals surface area contributed by atoms with Crippen LogP contribution in [0.1, 0.15) is 17.9 Å². The molecule has 2 fully saturated rings. The summed E-state index contributed by atoms with van der Waals surface area (Å²) in [5.41, 5.74) is 3.21. The average Bonchev–Trinajstić information content (AvgIpc) is 2.96. The Morgan fingerprint density at radius 3 is 2.86 bits per heavy atom. The van der Waals surface area contributed by atoms with E-state index in [2.05, 4.69) is 6.07 Å². The fourth-order valence-corrected chi connectivity index (χ4v) is 2.57. The Labute approximate surface area is 80.9 Å². The quantitative estimate of drug-likeness (QED) is 0.690. The topological polar surface area (TPSA) is 31.6 Å². The number of benzene rings is 1. The summed E-state index contributed by atoms with van der Waals surface area (Å²) in [6, 6.07) is 6.12. The van der Waals surface area contributed by atoms with Crippen molar-refractivity contribution in [2.24, 2.45) is 0 Å². The van der Waals surface area contributed by atoms with Crippen molar-refractivity contribution in [3.05, 3.63) is 23.8 Å². The van der Waals surface area contributed by atoms with Gasteiger partial charge in [-0.15, -0.1) is 0 Å². The molecule has 3 heteroatoms. The maximum Gasteiger partial charge on any atom is 0.165 e. The average molecular weight is 190 g/mol. The molecule has 0 aliphatic carbocycles. The minimum absolute atomic E-state index is 0.0318. The molecule has 2 aliphatic heterocycles. The van der Waals surface area contributed by atoms with Crippen LogP contribution >= 0.6 is 0 Å². The van der Waals surface area contributed by atoms with Crippen LogP contribution in [-0.2, 0) is 9.47 Å². The van der Waals surface area contributed by atoms with E-state index in [1.165, 1.54) is 5.56 Å². The Morgan fingerprint density at radius 1 is 1.29 bits per heavy atom. The number of furan rings is 2. The van der Waals surface area contributed by atoms with Crippen LogP contribution in [0.2, 0.25) is 0 Å². The molecule has 14 heavy (non-hydrogen) atoms. The first-order chi connectivity index (χ1) is 6.90. The van der Waals surface area contributed by atoms with Crippen LogP contribution in [-0.4, -0.2) is 19.0 Å². The van der Waals surface area contributed by atoms with Gasteiger partial charge in [0.15, 0.2) is 6.29 Å². The van der Waals surface area contributed by atoms with E-state index in [4.69, 9.17) is 13.9 Å². The van der Waals surface area contributed by atoms with Gasteiger partial charge in [0, 0.05) is 11.5 Å². The van der Waals surface area contributed by atoms with Gasteiger partial charge in [0.1, 0.15) is 11.2 Å². The lowest BCUT2D eigenvalue weighted by molar-refractivity contribution is -0.0385. The van der Waals surface area contributed by atoms with Gasteiger partial charge in [-0.2, -0.15) is 0 Å². The molecule has 0 saturated carbocycles. The molecule has 0 amide bonds. The molecule has 2 aromatic rings. The van der Waals surface area contributed by atoms with E-state index in [1.54, 1.807) is 0 Å². The Kier molecular flexibility index (Phi) is 1.19. The molecule has 2 saturated heterocycles. The predicted molar refractivity (Wildman–Crippen MR) is 49.4 cm³/mol. The standard InChI is InChI=1S/C11H10O3/c1-2-10-8(3-6(1)13-10)9-4-7-5-12-11(9)14-7/h1-3,7,9,11H,4-5H2.